The van der Waals surface area contributed by atoms with Crippen LogP contribution in [0.15, 0.2) is 23.8 Å². The third-order valence-corrected chi connectivity index (χ3v) is 7.46. The number of rotatable bonds is 3. The molecule has 1 atom stereocenters. The number of nitrogens with zero attached hydrogens (tertiary/aromatic N) is 6. The van der Waals surface area contributed by atoms with Crippen molar-refractivity contribution in [3.05, 3.63) is 40.1 Å². The molecule has 0 saturated carbocycles. The molecule has 1 N–H and O–H groups in total. The summed E-state index contributed by atoms with van der Waals surface area (Å²) in [6.45, 7) is 4.25. The summed E-state index contributed by atoms with van der Waals surface area (Å²) in [5.41, 5.74) is 3.34. The van der Waals surface area contributed by atoms with Gasteiger partial charge in [-0.3, -0.25) is 4.79 Å². The van der Waals surface area contributed by atoms with Crippen LogP contribution in [-0.2, 0) is 17.6 Å². The van der Waals surface area contributed by atoms with Crippen LogP contribution in [0.4, 0.5) is 5.82 Å². The van der Waals surface area contributed by atoms with Gasteiger partial charge in [0.2, 0.25) is 5.91 Å². The van der Waals surface area contributed by atoms with Crippen LogP contribution in [0.25, 0.3) is 5.65 Å². The van der Waals surface area contributed by atoms with Gasteiger partial charge < -0.3 is 15.1 Å². The minimum absolute atomic E-state index is 0.0453. The number of fused-ring (bicyclic) bond motifs is 2. The number of hydrogen-bond acceptors (Lipinski definition) is 7. The van der Waals surface area contributed by atoms with Gasteiger partial charge in [0.1, 0.15) is 10.8 Å². The van der Waals surface area contributed by atoms with E-state index in [1.165, 1.54) is 11.3 Å². The zero-order valence-corrected chi connectivity index (χ0v) is 17.6. The molecule has 0 aliphatic carbocycles. The predicted octanol–water partition coefficient (Wildman–Crippen LogP) is 1.67. The molecule has 30 heavy (non-hydrogen) atoms. The van der Waals surface area contributed by atoms with Gasteiger partial charge in [-0.05, 0) is 25.8 Å². The van der Waals surface area contributed by atoms with Crippen molar-refractivity contribution in [3.63, 3.8) is 0 Å². The Bertz CT molecular complexity index is 1070. The number of amides is 1. The Balaban J connectivity index is 1.25. The van der Waals surface area contributed by atoms with Crippen LogP contribution in [0.1, 0.15) is 35.1 Å². The van der Waals surface area contributed by atoms with Crippen LogP contribution in [0.5, 0.6) is 0 Å². The van der Waals surface area contributed by atoms with Gasteiger partial charge in [-0.25, -0.2) is 9.97 Å². The molecule has 3 aromatic rings. The summed E-state index contributed by atoms with van der Waals surface area (Å²) < 4.78 is 1.96. The lowest BCUT2D eigenvalue weighted by Gasteiger charge is -2.43. The number of carbonyl (C=O) groups excluding carboxylic acids is 1. The number of nitrogens with one attached hydrogen (secondary N) is 1. The molecule has 1 amide bonds. The van der Waals surface area contributed by atoms with Gasteiger partial charge in [0.05, 0.1) is 23.9 Å². The summed E-state index contributed by atoms with van der Waals surface area (Å²) in [7, 11) is 0. The van der Waals surface area contributed by atoms with E-state index in [0.717, 1.165) is 74.9 Å². The molecule has 9 heteroatoms. The Labute approximate surface area is 178 Å². The molecule has 6 rings (SSSR count). The second kappa shape index (κ2) is 7.31. The molecule has 3 aliphatic heterocycles. The molecule has 2 fully saturated rings. The van der Waals surface area contributed by atoms with Crippen LogP contribution >= 0.6 is 11.3 Å². The Morgan fingerprint density at radius 2 is 2.10 bits per heavy atom. The molecule has 0 aromatic carbocycles. The van der Waals surface area contributed by atoms with E-state index in [1.807, 2.05) is 28.4 Å². The first-order valence-corrected chi connectivity index (χ1v) is 11.7. The average Bonchev–Trinajstić information content (AvgIpc) is 3.45. The topological polar surface area (TPSA) is 78.7 Å². The molecule has 3 aliphatic rings. The third kappa shape index (κ3) is 2.91. The summed E-state index contributed by atoms with van der Waals surface area (Å²) in [5, 5.41) is 11.1. The standard InChI is InChI=1S/C21H25N7OS/c29-21(27-10-1-2-17(27)19-23-9-11-30-19)14-12-26(13-14)20-15-3-6-22-7-4-16(15)25-18-5-8-24-28(18)20/h5,8-9,11,14,17,22H,1-4,6-7,10,12-13H2. The maximum atomic E-state index is 13.3. The zero-order valence-electron chi connectivity index (χ0n) is 16.8. The molecule has 2 saturated heterocycles. The van der Waals surface area contributed by atoms with Gasteiger partial charge in [-0.15, -0.1) is 11.3 Å². The Hall–Kier alpha value is -2.52. The second-order valence-electron chi connectivity index (χ2n) is 8.37. The highest BCUT2D eigenvalue weighted by atomic mass is 32.1. The number of likely N-dealkylation sites (tertiary alicyclic amines) is 1. The summed E-state index contributed by atoms with van der Waals surface area (Å²) in [5.74, 6) is 1.46. The monoisotopic (exact) mass is 423 g/mol. The first-order valence-electron chi connectivity index (χ1n) is 10.8. The molecular formula is C21H25N7OS. The molecule has 1 unspecified atom stereocenters. The Morgan fingerprint density at radius 1 is 1.20 bits per heavy atom. The average molecular weight is 424 g/mol. The highest BCUT2D eigenvalue weighted by Crippen LogP contribution is 2.37. The van der Waals surface area contributed by atoms with Crippen molar-refractivity contribution in [2.24, 2.45) is 5.92 Å². The SMILES string of the molecule is O=C(C1CN(c2c3c(nc4ccnn24)CCNCC3)C1)N1CCCC1c1nccs1. The minimum Gasteiger partial charge on any atom is -0.354 e. The van der Waals surface area contributed by atoms with E-state index < -0.39 is 0 Å². The fraction of sp³-hybridized carbons (Fsp3) is 0.524. The second-order valence-corrected chi connectivity index (χ2v) is 9.30. The molecule has 156 valence electrons. The highest BCUT2D eigenvalue weighted by molar-refractivity contribution is 7.09. The maximum absolute atomic E-state index is 13.3. The molecule has 0 spiro atoms. The Kier molecular flexibility index (Phi) is 4.45. The van der Waals surface area contributed by atoms with Crippen LogP contribution < -0.4 is 10.2 Å². The lowest BCUT2D eigenvalue weighted by atomic mass is 9.96. The van der Waals surface area contributed by atoms with Crippen molar-refractivity contribution in [2.75, 3.05) is 37.6 Å². The molecule has 8 nitrogen and oxygen atoms in total. The van der Waals surface area contributed by atoms with Crippen molar-refractivity contribution in [3.8, 4) is 0 Å². The molecular weight excluding hydrogens is 398 g/mol. The van der Waals surface area contributed by atoms with E-state index in [1.54, 1.807) is 11.3 Å². The largest absolute Gasteiger partial charge is 0.354 e. The predicted molar refractivity (Wildman–Crippen MR) is 115 cm³/mol. The summed E-state index contributed by atoms with van der Waals surface area (Å²) in [6.07, 6.45) is 7.62. The van der Waals surface area contributed by atoms with E-state index in [-0.39, 0.29) is 17.9 Å². The van der Waals surface area contributed by atoms with Gasteiger partial charge in [0.25, 0.3) is 0 Å². The first kappa shape index (κ1) is 18.3. The number of carbonyl (C=O) groups is 1. The fourth-order valence-electron chi connectivity index (χ4n) is 5.07. The van der Waals surface area contributed by atoms with E-state index in [0.29, 0.717) is 0 Å². The van der Waals surface area contributed by atoms with Crippen molar-refractivity contribution in [1.29, 1.82) is 0 Å². The van der Waals surface area contributed by atoms with E-state index in [9.17, 15) is 4.79 Å². The van der Waals surface area contributed by atoms with Crippen LogP contribution in [0, 0.1) is 5.92 Å². The van der Waals surface area contributed by atoms with Crippen LogP contribution in [-0.4, -0.2) is 63.1 Å². The normalized spacial score (nSPS) is 22.2. The van der Waals surface area contributed by atoms with Gasteiger partial charge in [0, 0.05) is 55.8 Å². The van der Waals surface area contributed by atoms with Gasteiger partial charge in [0.15, 0.2) is 5.65 Å². The van der Waals surface area contributed by atoms with Crippen molar-refractivity contribution in [1.82, 2.24) is 29.8 Å². The molecule has 0 radical (unpaired) electrons. The van der Waals surface area contributed by atoms with Crippen molar-refractivity contribution < 1.29 is 4.79 Å². The smallest absolute Gasteiger partial charge is 0.229 e. The maximum Gasteiger partial charge on any atom is 0.229 e. The van der Waals surface area contributed by atoms with Crippen LogP contribution in [0.3, 0.4) is 0 Å². The summed E-state index contributed by atoms with van der Waals surface area (Å²) in [6, 6.07) is 2.13. The molecule has 0 bridgehead atoms. The lowest BCUT2D eigenvalue weighted by Crippen LogP contribution is -2.55. The quantitative estimate of drug-likeness (QED) is 0.691. The van der Waals surface area contributed by atoms with Gasteiger partial charge in [-0.1, -0.05) is 0 Å². The van der Waals surface area contributed by atoms with Crippen LogP contribution in [0.2, 0.25) is 0 Å². The highest BCUT2D eigenvalue weighted by Gasteiger charge is 2.42. The third-order valence-electron chi connectivity index (χ3n) is 6.58. The lowest BCUT2D eigenvalue weighted by molar-refractivity contribution is -0.137. The number of aromatic nitrogens is 4. The van der Waals surface area contributed by atoms with Crippen molar-refractivity contribution >= 4 is 28.7 Å². The first-order chi connectivity index (χ1) is 14.8. The van der Waals surface area contributed by atoms with E-state index in [2.05, 4.69) is 25.2 Å². The van der Waals surface area contributed by atoms with Gasteiger partial charge >= 0.3 is 0 Å². The number of hydrogen-bond donors (Lipinski definition) is 1. The summed E-state index contributed by atoms with van der Waals surface area (Å²) in [4.78, 5) is 27.0. The summed E-state index contributed by atoms with van der Waals surface area (Å²) >= 11 is 1.66. The molecule has 6 heterocycles. The van der Waals surface area contributed by atoms with E-state index in [4.69, 9.17) is 4.98 Å². The number of anilines is 1. The van der Waals surface area contributed by atoms with E-state index >= 15 is 0 Å². The molecule has 3 aromatic heterocycles. The number of thiazole rings is 1. The van der Waals surface area contributed by atoms with Crippen molar-refractivity contribution in [2.45, 2.75) is 31.7 Å². The zero-order chi connectivity index (χ0) is 20.1. The Morgan fingerprint density at radius 3 is 2.97 bits per heavy atom. The minimum atomic E-state index is 0.0453. The fourth-order valence-corrected chi connectivity index (χ4v) is 5.85. The van der Waals surface area contributed by atoms with Gasteiger partial charge in [-0.2, -0.15) is 9.61 Å².